The zero-order valence-corrected chi connectivity index (χ0v) is 14.9. The minimum atomic E-state index is -0.652. The molecule has 22 heavy (non-hydrogen) atoms. The Morgan fingerprint density at radius 1 is 1.36 bits per heavy atom. The van der Waals surface area contributed by atoms with Crippen LogP contribution in [0, 0.1) is 6.20 Å². The first-order chi connectivity index (χ1) is 10.0. The van der Waals surface area contributed by atoms with Crippen molar-refractivity contribution in [3.8, 4) is 0 Å². The number of hydrogen-bond acceptors (Lipinski definition) is 6. The van der Waals surface area contributed by atoms with Crippen molar-refractivity contribution in [3.05, 3.63) is 23.0 Å². The van der Waals surface area contributed by atoms with Crippen molar-refractivity contribution in [1.29, 1.82) is 0 Å². The van der Waals surface area contributed by atoms with Crippen LogP contribution in [0.2, 0.25) is 0 Å². The van der Waals surface area contributed by atoms with Gasteiger partial charge in [0, 0.05) is 50.4 Å². The van der Waals surface area contributed by atoms with Gasteiger partial charge in [0.1, 0.15) is 18.3 Å². The van der Waals surface area contributed by atoms with Crippen LogP contribution in [0.5, 0.6) is 0 Å². The molecule has 113 valence electrons. The Labute approximate surface area is 150 Å². The molecule has 0 spiro atoms. The average molecular weight is 378 g/mol. The molecular weight excluding hydrogens is 365 g/mol. The molecule has 9 heteroatoms. The Kier molecular flexibility index (Phi) is 3.16. The van der Waals surface area contributed by atoms with E-state index in [1.807, 2.05) is 18.4 Å². The number of ether oxygens (including phenoxy) is 3. The fourth-order valence-electron chi connectivity index (χ4n) is 3.51. The Bertz CT molecular complexity index is 816. The summed E-state index contributed by atoms with van der Waals surface area (Å²) < 4.78 is 21.4. The number of aromatic nitrogens is 4. The summed E-state index contributed by atoms with van der Waals surface area (Å²) in [4.78, 5) is 20.0. The monoisotopic (exact) mass is 378 g/mol. The van der Waals surface area contributed by atoms with Crippen LogP contribution in [-0.4, -0.2) is 43.2 Å². The maximum Gasteiger partial charge on any atom is 0.231 e. The van der Waals surface area contributed by atoms with Gasteiger partial charge in [-0.3, -0.25) is 4.98 Å². The standard InChI is InChI=1S/C13H13N4O4.Y/c1-13(2)20-8-7-4-16-10-6(3-14-12(16)18)15-5-17(10)11(19-7)9(8)21-13;/h5,7-9,11H,4H2,1-2H3;/q-1;/t7-,8+,9?,11+;/m1./s1. The third kappa shape index (κ3) is 1.85. The van der Waals surface area contributed by atoms with Crippen molar-refractivity contribution >= 4 is 11.2 Å². The number of rotatable bonds is 0. The topological polar surface area (TPSA) is 80.4 Å². The fourth-order valence-corrected chi connectivity index (χ4v) is 3.51. The summed E-state index contributed by atoms with van der Waals surface area (Å²) in [6.07, 6.45) is 3.30. The SMILES string of the molecule is CC1(C)OC2[C@@H](O1)[C@H]1Cn3c(=O)n[c-]c4ncn(c43)[C@H]2O1.[Y]. The van der Waals surface area contributed by atoms with Crippen LogP contribution in [0.25, 0.3) is 11.2 Å². The minimum Gasteiger partial charge on any atom is -0.381 e. The molecule has 1 unspecified atom stereocenters. The minimum absolute atomic E-state index is 0. The van der Waals surface area contributed by atoms with Gasteiger partial charge >= 0.3 is 0 Å². The summed E-state index contributed by atoms with van der Waals surface area (Å²) in [5, 5.41) is 0. The van der Waals surface area contributed by atoms with Crippen molar-refractivity contribution in [2.24, 2.45) is 0 Å². The van der Waals surface area contributed by atoms with Crippen LogP contribution in [0.4, 0.5) is 0 Å². The van der Waals surface area contributed by atoms with Crippen LogP contribution >= 0.6 is 0 Å². The van der Waals surface area contributed by atoms with Gasteiger partial charge in [-0.1, -0.05) is 0 Å². The Morgan fingerprint density at radius 2 is 2.14 bits per heavy atom. The third-order valence-electron chi connectivity index (χ3n) is 4.27. The summed E-state index contributed by atoms with van der Waals surface area (Å²) in [5.41, 5.74) is 0.879. The molecule has 2 bridgehead atoms. The van der Waals surface area contributed by atoms with Crippen LogP contribution in [0.3, 0.4) is 0 Å². The van der Waals surface area contributed by atoms with Crippen molar-refractivity contribution in [1.82, 2.24) is 19.1 Å². The fraction of sp³-hybridized carbons (Fsp3) is 0.615. The molecule has 2 saturated heterocycles. The van der Waals surface area contributed by atoms with E-state index in [2.05, 4.69) is 16.2 Å². The smallest absolute Gasteiger partial charge is 0.231 e. The second-order valence-corrected chi connectivity index (χ2v) is 6.07. The zero-order chi connectivity index (χ0) is 14.4. The second kappa shape index (κ2) is 4.67. The van der Waals surface area contributed by atoms with Crippen LogP contribution in [0.1, 0.15) is 20.1 Å². The first kappa shape index (κ1) is 14.9. The number of nitrogens with zero attached hydrogens (tertiary/aromatic N) is 4. The van der Waals surface area contributed by atoms with Gasteiger partial charge in [0.25, 0.3) is 0 Å². The molecule has 4 atom stereocenters. The van der Waals surface area contributed by atoms with E-state index < -0.39 is 5.79 Å². The zero-order valence-electron chi connectivity index (χ0n) is 12.1. The Balaban J connectivity index is 0.00000125. The molecule has 2 fully saturated rings. The van der Waals surface area contributed by atoms with Crippen LogP contribution in [0.15, 0.2) is 11.1 Å². The Morgan fingerprint density at radius 3 is 2.95 bits per heavy atom. The Hall–Kier alpha value is -0.666. The predicted octanol–water partition coefficient (Wildman–Crippen LogP) is -0.178. The van der Waals surface area contributed by atoms with Crippen molar-refractivity contribution in [2.75, 3.05) is 0 Å². The molecule has 3 aliphatic heterocycles. The summed E-state index contributed by atoms with van der Waals surface area (Å²) in [6.45, 7) is 4.14. The quantitative estimate of drug-likeness (QED) is 0.592. The summed E-state index contributed by atoms with van der Waals surface area (Å²) in [6, 6.07) is 0. The second-order valence-electron chi connectivity index (χ2n) is 6.07. The van der Waals surface area contributed by atoms with Gasteiger partial charge in [0.15, 0.2) is 12.0 Å². The maximum atomic E-state index is 12.0. The molecule has 3 aliphatic rings. The molecule has 1 radical (unpaired) electrons. The first-order valence-electron chi connectivity index (χ1n) is 6.90. The van der Waals surface area contributed by atoms with E-state index in [1.54, 1.807) is 10.9 Å². The van der Waals surface area contributed by atoms with Crippen LogP contribution < -0.4 is 5.69 Å². The third-order valence-corrected chi connectivity index (χ3v) is 4.27. The van der Waals surface area contributed by atoms with Crippen molar-refractivity contribution in [2.45, 2.75) is 50.7 Å². The van der Waals surface area contributed by atoms with Gasteiger partial charge in [0.05, 0.1) is 6.33 Å². The molecule has 0 saturated carbocycles. The van der Waals surface area contributed by atoms with Gasteiger partial charge in [-0.05, 0) is 20.0 Å². The largest absolute Gasteiger partial charge is 0.381 e. The molecule has 2 aromatic rings. The van der Waals surface area contributed by atoms with Gasteiger partial charge in [0.2, 0.25) is 5.69 Å². The van der Waals surface area contributed by atoms with E-state index in [1.165, 1.54) is 0 Å². The van der Waals surface area contributed by atoms with E-state index >= 15 is 0 Å². The average Bonchev–Trinajstić information content (AvgIpc) is 3.01. The van der Waals surface area contributed by atoms with Gasteiger partial charge in [-0.25, -0.2) is 0 Å². The molecule has 5 rings (SSSR count). The van der Waals surface area contributed by atoms with Crippen molar-refractivity contribution < 1.29 is 46.9 Å². The molecule has 2 aromatic heterocycles. The summed E-state index contributed by atoms with van der Waals surface area (Å²) in [5.74, 6) is -0.652. The van der Waals surface area contributed by atoms with E-state index in [-0.39, 0.29) is 62.9 Å². The van der Waals surface area contributed by atoms with E-state index in [0.29, 0.717) is 17.7 Å². The molecule has 0 amide bonds. The normalized spacial score (nSPS) is 34.3. The molecule has 0 N–H and O–H groups in total. The molecular formula is C13H13N4O4Y-. The first-order valence-corrected chi connectivity index (χ1v) is 6.90. The number of hydrogen-bond donors (Lipinski definition) is 0. The van der Waals surface area contributed by atoms with E-state index in [0.717, 1.165) is 0 Å². The van der Waals surface area contributed by atoms with Gasteiger partial charge in [-0.15, -0.1) is 0 Å². The predicted molar refractivity (Wildman–Crippen MR) is 68.4 cm³/mol. The summed E-state index contributed by atoms with van der Waals surface area (Å²) in [7, 11) is 0. The van der Waals surface area contributed by atoms with Gasteiger partial charge < -0.3 is 33.1 Å². The number of imidazole rings is 1. The molecule has 5 heterocycles. The molecule has 8 nitrogen and oxygen atoms in total. The van der Waals surface area contributed by atoms with E-state index in [4.69, 9.17) is 14.2 Å². The van der Waals surface area contributed by atoms with Crippen LogP contribution in [-0.2, 0) is 53.5 Å². The maximum absolute atomic E-state index is 12.0. The number of fused-ring (bicyclic) bond motifs is 6. The molecule has 0 aromatic carbocycles. The van der Waals surface area contributed by atoms with Crippen molar-refractivity contribution in [3.63, 3.8) is 0 Å². The van der Waals surface area contributed by atoms with Gasteiger partial charge in [-0.2, -0.15) is 0 Å². The summed E-state index contributed by atoms with van der Waals surface area (Å²) >= 11 is 0. The molecule has 0 aliphatic carbocycles. The van der Waals surface area contributed by atoms with E-state index in [9.17, 15) is 4.79 Å².